The maximum atomic E-state index is 13.1. The second kappa shape index (κ2) is 10.3. The van der Waals surface area contributed by atoms with Crippen molar-refractivity contribution in [1.82, 2.24) is 10.2 Å². The van der Waals surface area contributed by atoms with E-state index in [0.717, 1.165) is 22.3 Å². The van der Waals surface area contributed by atoms with Crippen molar-refractivity contribution in [2.75, 3.05) is 0 Å². The van der Waals surface area contributed by atoms with Crippen molar-refractivity contribution in [2.24, 2.45) is 0 Å². The molecule has 0 fully saturated rings. The van der Waals surface area contributed by atoms with Gasteiger partial charge in [-0.05, 0) is 43.5 Å². The first-order chi connectivity index (χ1) is 15.2. The Morgan fingerprint density at radius 2 is 1.75 bits per heavy atom. The lowest BCUT2D eigenvalue weighted by molar-refractivity contribution is -0.148. The van der Waals surface area contributed by atoms with Crippen molar-refractivity contribution in [1.29, 1.82) is 0 Å². The van der Waals surface area contributed by atoms with E-state index in [2.05, 4.69) is 5.32 Å². The molecule has 1 N–H and O–H groups in total. The predicted molar refractivity (Wildman–Crippen MR) is 123 cm³/mol. The Kier molecular flexibility index (Phi) is 7.46. The molecule has 0 saturated carbocycles. The molecule has 2 amide bonds. The second-order valence-electron chi connectivity index (χ2n) is 8.36. The molecule has 6 heteroatoms. The van der Waals surface area contributed by atoms with Crippen LogP contribution in [0.25, 0.3) is 6.08 Å². The monoisotopic (exact) mass is 434 g/mol. The van der Waals surface area contributed by atoms with E-state index in [9.17, 15) is 14.4 Å². The average molecular weight is 435 g/mol. The van der Waals surface area contributed by atoms with Crippen molar-refractivity contribution >= 4 is 23.9 Å². The zero-order valence-corrected chi connectivity index (χ0v) is 19.0. The second-order valence-corrected chi connectivity index (χ2v) is 8.36. The van der Waals surface area contributed by atoms with Gasteiger partial charge in [-0.25, -0.2) is 0 Å². The van der Waals surface area contributed by atoms with Gasteiger partial charge >= 0.3 is 5.97 Å². The van der Waals surface area contributed by atoms with Gasteiger partial charge in [0.25, 0.3) is 0 Å². The molecular weight excluding hydrogens is 404 g/mol. The Balaban J connectivity index is 1.80. The number of fused-ring (bicyclic) bond motifs is 1. The number of benzene rings is 2. The number of hydrogen-bond donors (Lipinski definition) is 1. The SMILES string of the molecule is CC(=O)N1C=Cc2ccccc2C1CC(=O)NC(CC(=O)OC(C)C)c1ccc(C)cc1. The van der Waals surface area contributed by atoms with Crippen molar-refractivity contribution in [3.8, 4) is 0 Å². The number of amides is 2. The highest BCUT2D eigenvalue weighted by Crippen LogP contribution is 2.33. The van der Waals surface area contributed by atoms with E-state index in [1.54, 1.807) is 24.9 Å². The molecule has 32 heavy (non-hydrogen) atoms. The molecule has 168 valence electrons. The Bertz CT molecular complexity index is 1010. The summed E-state index contributed by atoms with van der Waals surface area (Å²) in [5.74, 6) is -0.749. The Morgan fingerprint density at radius 1 is 1.06 bits per heavy atom. The van der Waals surface area contributed by atoms with E-state index in [-0.39, 0.29) is 36.7 Å². The number of carbonyl (C=O) groups excluding carboxylic acids is 3. The molecule has 2 aromatic carbocycles. The maximum absolute atomic E-state index is 13.1. The van der Waals surface area contributed by atoms with Gasteiger partial charge in [0.05, 0.1) is 31.0 Å². The Morgan fingerprint density at radius 3 is 2.41 bits per heavy atom. The van der Waals surface area contributed by atoms with Crippen LogP contribution in [-0.2, 0) is 19.1 Å². The van der Waals surface area contributed by atoms with Gasteiger partial charge in [-0.3, -0.25) is 14.4 Å². The summed E-state index contributed by atoms with van der Waals surface area (Å²) >= 11 is 0. The van der Waals surface area contributed by atoms with E-state index in [0.29, 0.717) is 0 Å². The van der Waals surface area contributed by atoms with Gasteiger partial charge in [0.15, 0.2) is 0 Å². The Labute approximate surface area is 189 Å². The summed E-state index contributed by atoms with van der Waals surface area (Å²) in [7, 11) is 0. The fourth-order valence-electron chi connectivity index (χ4n) is 3.87. The largest absolute Gasteiger partial charge is 0.463 e. The van der Waals surface area contributed by atoms with E-state index in [1.165, 1.54) is 6.92 Å². The third kappa shape index (κ3) is 5.84. The molecule has 2 aromatic rings. The first-order valence-electron chi connectivity index (χ1n) is 10.9. The summed E-state index contributed by atoms with van der Waals surface area (Å²) in [4.78, 5) is 39.2. The quantitative estimate of drug-likeness (QED) is 0.653. The lowest BCUT2D eigenvalue weighted by Crippen LogP contribution is -2.37. The van der Waals surface area contributed by atoms with Gasteiger partial charge in [-0.15, -0.1) is 0 Å². The molecule has 1 heterocycles. The Hall–Kier alpha value is -3.41. The molecule has 3 rings (SSSR count). The van der Waals surface area contributed by atoms with Crippen LogP contribution in [-0.4, -0.2) is 28.8 Å². The van der Waals surface area contributed by atoms with E-state index >= 15 is 0 Å². The molecule has 1 aliphatic rings. The summed E-state index contributed by atoms with van der Waals surface area (Å²) in [5.41, 5.74) is 3.83. The summed E-state index contributed by atoms with van der Waals surface area (Å²) in [6.07, 6.45) is 3.49. The van der Waals surface area contributed by atoms with Crippen LogP contribution in [0, 0.1) is 6.92 Å². The summed E-state index contributed by atoms with van der Waals surface area (Å²) in [5, 5.41) is 2.99. The maximum Gasteiger partial charge on any atom is 0.308 e. The molecule has 2 unspecified atom stereocenters. The van der Waals surface area contributed by atoms with Gasteiger partial charge in [0.2, 0.25) is 11.8 Å². The van der Waals surface area contributed by atoms with Gasteiger partial charge in [0.1, 0.15) is 0 Å². The zero-order chi connectivity index (χ0) is 23.3. The molecule has 6 nitrogen and oxygen atoms in total. The fourth-order valence-corrected chi connectivity index (χ4v) is 3.87. The van der Waals surface area contributed by atoms with Gasteiger partial charge < -0.3 is 15.0 Å². The third-order valence-corrected chi connectivity index (χ3v) is 5.40. The number of nitrogens with one attached hydrogen (secondary N) is 1. The lowest BCUT2D eigenvalue weighted by Gasteiger charge is -2.32. The van der Waals surface area contributed by atoms with Crippen molar-refractivity contribution in [3.05, 3.63) is 77.0 Å². The summed E-state index contributed by atoms with van der Waals surface area (Å²) in [6.45, 7) is 7.05. The van der Waals surface area contributed by atoms with Crippen molar-refractivity contribution < 1.29 is 19.1 Å². The zero-order valence-electron chi connectivity index (χ0n) is 19.0. The molecule has 0 spiro atoms. The minimum Gasteiger partial charge on any atom is -0.463 e. The highest BCUT2D eigenvalue weighted by molar-refractivity contribution is 5.82. The number of esters is 1. The van der Waals surface area contributed by atoms with Crippen LogP contribution in [0.15, 0.2) is 54.7 Å². The van der Waals surface area contributed by atoms with Crippen LogP contribution < -0.4 is 5.32 Å². The molecule has 0 aliphatic carbocycles. The van der Waals surface area contributed by atoms with E-state index in [1.807, 2.05) is 61.5 Å². The van der Waals surface area contributed by atoms with Crippen molar-refractivity contribution in [3.63, 3.8) is 0 Å². The first-order valence-corrected chi connectivity index (χ1v) is 10.9. The van der Waals surface area contributed by atoms with Crippen LogP contribution in [0.1, 0.15) is 68.0 Å². The van der Waals surface area contributed by atoms with Crippen LogP contribution in [0.5, 0.6) is 0 Å². The topological polar surface area (TPSA) is 75.7 Å². The minimum atomic E-state index is -0.519. The molecule has 0 radical (unpaired) electrons. The van der Waals surface area contributed by atoms with Gasteiger partial charge in [-0.1, -0.05) is 54.1 Å². The lowest BCUT2D eigenvalue weighted by atomic mass is 9.93. The number of hydrogen-bond acceptors (Lipinski definition) is 4. The molecule has 0 bridgehead atoms. The molecule has 0 aromatic heterocycles. The molecule has 1 aliphatic heterocycles. The van der Waals surface area contributed by atoms with Crippen molar-refractivity contribution in [2.45, 2.75) is 58.7 Å². The normalized spacial score (nSPS) is 15.8. The van der Waals surface area contributed by atoms with Gasteiger partial charge in [-0.2, -0.15) is 0 Å². The summed E-state index contributed by atoms with van der Waals surface area (Å²) < 4.78 is 5.30. The molecule has 0 saturated heterocycles. The van der Waals surface area contributed by atoms with Crippen LogP contribution >= 0.6 is 0 Å². The smallest absolute Gasteiger partial charge is 0.308 e. The van der Waals surface area contributed by atoms with E-state index in [4.69, 9.17) is 4.74 Å². The van der Waals surface area contributed by atoms with E-state index < -0.39 is 12.1 Å². The number of aryl methyl sites for hydroxylation is 1. The summed E-state index contributed by atoms with van der Waals surface area (Å²) in [6, 6.07) is 14.5. The number of nitrogens with zero attached hydrogens (tertiary/aromatic N) is 1. The number of rotatable bonds is 7. The van der Waals surface area contributed by atoms with Crippen LogP contribution in [0.4, 0.5) is 0 Å². The fraction of sp³-hybridized carbons (Fsp3) is 0.346. The number of ether oxygens (including phenoxy) is 1. The van der Waals surface area contributed by atoms with Gasteiger partial charge in [0, 0.05) is 13.1 Å². The highest BCUT2D eigenvalue weighted by atomic mass is 16.5. The average Bonchev–Trinajstić information content (AvgIpc) is 2.73. The predicted octanol–water partition coefficient (Wildman–Crippen LogP) is 4.46. The third-order valence-electron chi connectivity index (χ3n) is 5.40. The molecular formula is C26H30N2O4. The van der Waals surface area contributed by atoms with Crippen LogP contribution in [0.3, 0.4) is 0 Å². The first kappa shape index (κ1) is 23.3. The van der Waals surface area contributed by atoms with Crippen LogP contribution in [0.2, 0.25) is 0 Å². The highest BCUT2D eigenvalue weighted by Gasteiger charge is 2.29. The molecule has 2 atom stereocenters. The minimum absolute atomic E-state index is 0.0323. The standard InChI is InChI=1S/C26H30N2O4/c1-17(2)32-26(31)15-23(21-11-9-18(3)10-12-21)27-25(30)16-24-22-8-6-5-7-20(22)13-14-28(24)19(4)29/h5-14,17,23-24H,15-16H2,1-4H3,(H,27,30). The number of carbonyl (C=O) groups is 3.